The van der Waals surface area contributed by atoms with Gasteiger partial charge in [0.2, 0.25) is 0 Å². The summed E-state index contributed by atoms with van der Waals surface area (Å²) in [6.45, 7) is 1.89. The molecule has 21 heavy (non-hydrogen) atoms. The number of hydrogen-bond acceptors (Lipinski definition) is 3. The van der Waals surface area contributed by atoms with Crippen LogP contribution in [0.25, 0.3) is 22.3 Å². The van der Waals surface area contributed by atoms with Crippen molar-refractivity contribution in [2.45, 2.75) is 6.92 Å². The van der Waals surface area contributed by atoms with Gasteiger partial charge in [0.15, 0.2) is 0 Å². The number of methoxy groups -OCH3 is 1. The average Bonchev–Trinajstić information content (AvgIpc) is 2.85. The minimum atomic E-state index is -1.02. The van der Waals surface area contributed by atoms with Crippen molar-refractivity contribution in [3.8, 4) is 17.1 Å². The molecule has 0 unspecified atom stereocenters. The van der Waals surface area contributed by atoms with Crippen molar-refractivity contribution in [1.82, 2.24) is 0 Å². The van der Waals surface area contributed by atoms with E-state index in [1.54, 1.807) is 19.2 Å². The Morgan fingerprint density at radius 3 is 2.52 bits per heavy atom. The van der Waals surface area contributed by atoms with Crippen molar-refractivity contribution in [3.63, 3.8) is 0 Å². The summed E-state index contributed by atoms with van der Waals surface area (Å²) in [7, 11) is 1.56. The van der Waals surface area contributed by atoms with Gasteiger partial charge in [-0.25, -0.2) is 4.79 Å². The van der Waals surface area contributed by atoms with Crippen LogP contribution in [0.1, 0.15) is 15.9 Å². The number of hydrogen-bond donors (Lipinski definition) is 1. The lowest BCUT2D eigenvalue weighted by molar-refractivity contribution is 0.0699. The molecule has 0 bridgehead atoms. The Bertz CT molecular complexity index is 816. The SMILES string of the molecule is COc1cc2c(C(=O)O)c(-c3ccccc3)oc2cc1C. The molecule has 106 valence electrons. The molecule has 0 aliphatic carbocycles. The van der Waals surface area contributed by atoms with Crippen LogP contribution in [0.5, 0.6) is 5.75 Å². The molecule has 0 radical (unpaired) electrons. The molecular formula is C17H14O4. The van der Waals surface area contributed by atoms with E-state index in [1.807, 2.05) is 37.3 Å². The zero-order chi connectivity index (χ0) is 15.0. The van der Waals surface area contributed by atoms with Crippen LogP contribution >= 0.6 is 0 Å². The molecule has 0 fully saturated rings. The Hall–Kier alpha value is -2.75. The van der Waals surface area contributed by atoms with E-state index in [0.717, 1.165) is 11.1 Å². The second kappa shape index (κ2) is 4.98. The Labute approximate surface area is 121 Å². The summed E-state index contributed by atoms with van der Waals surface area (Å²) < 4.78 is 11.1. The lowest BCUT2D eigenvalue weighted by Crippen LogP contribution is -1.97. The summed E-state index contributed by atoms with van der Waals surface area (Å²) in [5, 5.41) is 10.1. The Balaban J connectivity index is 2.35. The molecular weight excluding hydrogens is 268 g/mol. The zero-order valence-electron chi connectivity index (χ0n) is 11.7. The Kier molecular flexibility index (Phi) is 3.14. The van der Waals surface area contributed by atoms with Crippen molar-refractivity contribution >= 4 is 16.9 Å². The van der Waals surface area contributed by atoms with Crippen LogP contribution in [0.4, 0.5) is 0 Å². The number of rotatable bonds is 3. The molecule has 1 heterocycles. The van der Waals surface area contributed by atoms with Gasteiger partial charge in [-0.3, -0.25) is 0 Å². The van der Waals surface area contributed by atoms with E-state index in [4.69, 9.17) is 9.15 Å². The summed E-state index contributed by atoms with van der Waals surface area (Å²) in [5.41, 5.74) is 2.34. The molecule has 4 heteroatoms. The number of furan rings is 1. The quantitative estimate of drug-likeness (QED) is 0.785. The van der Waals surface area contributed by atoms with Gasteiger partial charge in [0.25, 0.3) is 0 Å². The van der Waals surface area contributed by atoms with Crippen LogP contribution in [-0.2, 0) is 0 Å². The lowest BCUT2D eigenvalue weighted by atomic mass is 10.0. The summed E-state index contributed by atoms with van der Waals surface area (Å²) in [4.78, 5) is 11.7. The van der Waals surface area contributed by atoms with Crippen LogP contribution in [0.15, 0.2) is 46.9 Å². The van der Waals surface area contributed by atoms with Gasteiger partial charge in [0.05, 0.1) is 7.11 Å². The van der Waals surface area contributed by atoms with Gasteiger partial charge >= 0.3 is 5.97 Å². The predicted octanol–water partition coefficient (Wildman–Crippen LogP) is 4.12. The number of ether oxygens (including phenoxy) is 1. The van der Waals surface area contributed by atoms with E-state index < -0.39 is 5.97 Å². The second-order valence-electron chi connectivity index (χ2n) is 4.80. The molecule has 0 saturated carbocycles. The molecule has 0 spiro atoms. The van der Waals surface area contributed by atoms with E-state index in [-0.39, 0.29) is 5.56 Å². The fraction of sp³-hybridized carbons (Fsp3) is 0.118. The average molecular weight is 282 g/mol. The molecule has 0 amide bonds. The first-order valence-corrected chi connectivity index (χ1v) is 6.51. The largest absolute Gasteiger partial charge is 0.496 e. The number of carboxylic acid groups (broad SMARTS) is 1. The molecule has 2 aromatic carbocycles. The van der Waals surface area contributed by atoms with E-state index in [9.17, 15) is 9.90 Å². The number of carbonyl (C=O) groups is 1. The van der Waals surface area contributed by atoms with E-state index in [0.29, 0.717) is 22.5 Å². The van der Waals surface area contributed by atoms with Gasteiger partial charge in [-0.15, -0.1) is 0 Å². The first-order valence-electron chi connectivity index (χ1n) is 6.51. The highest BCUT2D eigenvalue weighted by molar-refractivity contribution is 6.08. The van der Waals surface area contributed by atoms with Gasteiger partial charge < -0.3 is 14.3 Å². The molecule has 0 atom stereocenters. The minimum Gasteiger partial charge on any atom is -0.496 e. The first-order chi connectivity index (χ1) is 10.1. The van der Waals surface area contributed by atoms with Gasteiger partial charge in [-0.05, 0) is 24.6 Å². The van der Waals surface area contributed by atoms with Gasteiger partial charge in [-0.1, -0.05) is 30.3 Å². The topological polar surface area (TPSA) is 59.7 Å². The third-order valence-corrected chi connectivity index (χ3v) is 3.46. The number of aryl methyl sites for hydroxylation is 1. The number of fused-ring (bicyclic) bond motifs is 1. The molecule has 0 saturated heterocycles. The number of benzene rings is 2. The minimum absolute atomic E-state index is 0.162. The van der Waals surface area contributed by atoms with Crippen LogP contribution in [0.2, 0.25) is 0 Å². The van der Waals surface area contributed by atoms with E-state index in [2.05, 4.69) is 0 Å². The molecule has 0 aliphatic rings. The molecule has 3 rings (SSSR count). The molecule has 1 aromatic heterocycles. The molecule has 3 aromatic rings. The normalized spacial score (nSPS) is 10.8. The second-order valence-corrected chi connectivity index (χ2v) is 4.80. The van der Waals surface area contributed by atoms with Crippen LogP contribution < -0.4 is 4.74 Å². The first kappa shape index (κ1) is 13.2. The van der Waals surface area contributed by atoms with Crippen molar-refractivity contribution in [3.05, 3.63) is 53.6 Å². The van der Waals surface area contributed by atoms with Crippen molar-refractivity contribution in [2.24, 2.45) is 0 Å². The molecule has 1 N–H and O–H groups in total. The predicted molar refractivity (Wildman–Crippen MR) is 79.9 cm³/mol. The number of aromatic carboxylic acids is 1. The summed E-state index contributed by atoms with van der Waals surface area (Å²) >= 11 is 0. The van der Waals surface area contributed by atoms with E-state index >= 15 is 0 Å². The van der Waals surface area contributed by atoms with Gasteiger partial charge in [0.1, 0.15) is 22.7 Å². The van der Waals surface area contributed by atoms with Crippen LogP contribution in [-0.4, -0.2) is 18.2 Å². The fourth-order valence-corrected chi connectivity index (χ4v) is 2.45. The zero-order valence-corrected chi connectivity index (χ0v) is 11.7. The fourth-order valence-electron chi connectivity index (χ4n) is 2.45. The maximum Gasteiger partial charge on any atom is 0.340 e. The smallest absolute Gasteiger partial charge is 0.340 e. The van der Waals surface area contributed by atoms with Crippen LogP contribution in [0, 0.1) is 6.92 Å². The van der Waals surface area contributed by atoms with Crippen LogP contribution in [0.3, 0.4) is 0 Å². The molecule has 0 aliphatic heterocycles. The summed E-state index contributed by atoms with van der Waals surface area (Å²) in [5.74, 6) is -0.00493. The maximum absolute atomic E-state index is 11.7. The highest BCUT2D eigenvalue weighted by Gasteiger charge is 2.22. The van der Waals surface area contributed by atoms with E-state index in [1.165, 1.54) is 0 Å². The van der Waals surface area contributed by atoms with Crippen molar-refractivity contribution in [2.75, 3.05) is 7.11 Å². The van der Waals surface area contributed by atoms with Crippen molar-refractivity contribution < 1.29 is 19.1 Å². The molecule has 4 nitrogen and oxygen atoms in total. The maximum atomic E-state index is 11.7. The van der Waals surface area contributed by atoms with Crippen molar-refractivity contribution in [1.29, 1.82) is 0 Å². The summed E-state index contributed by atoms with van der Waals surface area (Å²) in [6.07, 6.45) is 0. The monoisotopic (exact) mass is 282 g/mol. The highest BCUT2D eigenvalue weighted by Crippen LogP contribution is 2.36. The lowest BCUT2D eigenvalue weighted by Gasteiger charge is -2.03. The Morgan fingerprint density at radius 1 is 1.19 bits per heavy atom. The summed E-state index contributed by atoms with van der Waals surface area (Å²) in [6, 6.07) is 12.7. The highest BCUT2D eigenvalue weighted by atomic mass is 16.5. The van der Waals surface area contributed by atoms with Gasteiger partial charge in [0, 0.05) is 10.9 Å². The third kappa shape index (κ3) is 2.14. The van der Waals surface area contributed by atoms with Gasteiger partial charge in [-0.2, -0.15) is 0 Å². The third-order valence-electron chi connectivity index (χ3n) is 3.46. The number of carboxylic acids is 1. The standard InChI is InChI=1S/C17H14O4/c1-10-8-14-12(9-13(10)20-2)15(17(18)19)16(21-14)11-6-4-3-5-7-11/h3-9H,1-2H3,(H,18,19). The Morgan fingerprint density at radius 2 is 1.90 bits per heavy atom.